The number of nitrogens with zero attached hydrogens (tertiary/aromatic N) is 2. The first-order valence-corrected chi connectivity index (χ1v) is 11.8. The van der Waals surface area contributed by atoms with Gasteiger partial charge >= 0.3 is 6.18 Å². The van der Waals surface area contributed by atoms with Crippen LogP contribution in [0.3, 0.4) is 0 Å². The first-order valence-electron chi connectivity index (χ1n) is 11.8. The number of nitrogens with two attached hydrogens (primary N) is 1. The molecule has 0 radical (unpaired) electrons. The third-order valence-electron chi connectivity index (χ3n) is 6.83. The first kappa shape index (κ1) is 25.2. The minimum absolute atomic E-state index is 0.0667. The molecule has 1 saturated heterocycles. The van der Waals surface area contributed by atoms with Gasteiger partial charge in [0.2, 0.25) is 5.91 Å². The molecule has 4 N–H and O–H groups in total. The number of likely N-dealkylation sites (tertiary alicyclic amines) is 1. The highest BCUT2D eigenvalue weighted by molar-refractivity contribution is 5.95. The minimum atomic E-state index is -4.47. The van der Waals surface area contributed by atoms with E-state index in [1.54, 1.807) is 0 Å². The molecule has 1 aromatic carbocycles. The maximum Gasteiger partial charge on any atom is 0.416 e. The van der Waals surface area contributed by atoms with Gasteiger partial charge in [-0.1, -0.05) is 17.3 Å². The lowest BCUT2D eigenvalue weighted by Gasteiger charge is -2.30. The van der Waals surface area contributed by atoms with Crippen LogP contribution >= 0.6 is 0 Å². The molecule has 8 nitrogen and oxygen atoms in total. The quantitative estimate of drug-likeness (QED) is 0.568. The molecule has 1 aromatic heterocycles. The van der Waals surface area contributed by atoms with Crippen molar-refractivity contribution in [1.82, 2.24) is 15.4 Å². The number of primary amides is 1. The van der Waals surface area contributed by atoms with E-state index < -0.39 is 23.8 Å². The summed E-state index contributed by atoms with van der Waals surface area (Å²) in [5.74, 6) is -0.768. The molecule has 2 amide bonds. The Hall–Kier alpha value is -2.92. The van der Waals surface area contributed by atoms with E-state index in [1.165, 1.54) is 12.1 Å². The van der Waals surface area contributed by atoms with Gasteiger partial charge in [-0.15, -0.1) is 0 Å². The van der Waals surface area contributed by atoms with Gasteiger partial charge in [0.1, 0.15) is 0 Å². The van der Waals surface area contributed by atoms with Crippen molar-refractivity contribution in [2.75, 3.05) is 13.1 Å². The van der Waals surface area contributed by atoms with Gasteiger partial charge in [-0.05, 0) is 63.7 Å². The third-order valence-corrected chi connectivity index (χ3v) is 6.83. The van der Waals surface area contributed by atoms with Gasteiger partial charge in [-0.3, -0.25) is 14.5 Å². The molecule has 1 aliphatic heterocycles. The summed E-state index contributed by atoms with van der Waals surface area (Å²) in [4.78, 5) is 26.7. The summed E-state index contributed by atoms with van der Waals surface area (Å²) in [5, 5.41) is 16.8. The van der Waals surface area contributed by atoms with Gasteiger partial charge in [0.05, 0.1) is 11.7 Å². The van der Waals surface area contributed by atoms with Crippen molar-refractivity contribution in [2.45, 2.75) is 63.4 Å². The SMILES string of the molecule is NC(=O)C1CCN(Cc2c(C(=O)N[C@@H]3CCC[C@H](O)C3)noc2-c2ccc(C(F)(F)F)cc2)CC1. The van der Waals surface area contributed by atoms with Crippen molar-refractivity contribution < 1.29 is 32.4 Å². The molecule has 1 aliphatic carbocycles. The number of halogens is 3. The van der Waals surface area contributed by atoms with E-state index in [1.807, 2.05) is 4.90 Å². The van der Waals surface area contributed by atoms with E-state index in [2.05, 4.69) is 10.5 Å². The van der Waals surface area contributed by atoms with E-state index in [-0.39, 0.29) is 35.9 Å². The fourth-order valence-electron chi connectivity index (χ4n) is 4.82. The number of amides is 2. The number of carbonyl (C=O) groups excluding carboxylic acids is 2. The lowest BCUT2D eigenvalue weighted by atomic mass is 9.93. The van der Waals surface area contributed by atoms with Gasteiger partial charge < -0.3 is 20.7 Å². The summed E-state index contributed by atoms with van der Waals surface area (Å²) < 4.78 is 44.5. The summed E-state index contributed by atoms with van der Waals surface area (Å²) in [7, 11) is 0. The molecule has 1 saturated carbocycles. The Morgan fingerprint density at radius 1 is 1.14 bits per heavy atom. The molecule has 35 heavy (non-hydrogen) atoms. The van der Waals surface area contributed by atoms with Crippen molar-refractivity contribution in [3.05, 3.63) is 41.1 Å². The number of alkyl halides is 3. The molecule has 11 heteroatoms. The second-order valence-corrected chi connectivity index (χ2v) is 9.36. The molecule has 2 heterocycles. The summed E-state index contributed by atoms with van der Waals surface area (Å²) >= 11 is 0. The number of aliphatic hydroxyl groups is 1. The predicted octanol–water partition coefficient (Wildman–Crippen LogP) is 3.09. The van der Waals surface area contributed by atoms with Crippen LogP contribution in [0.15, 0.2) is 28.8 Å². The summed E-state index contributed by atoms with van der Waals surface area (Å²) in [6.45, 7) is 1.42. The largest absolute Gasteiger partial charge is 0.416 e. The van der Waals surface area contributed by atoms with E-state index >= 15 is 0 Å². The monoisotopic (exact) mass is 494 g/mol. The molecule has 0 unspecified atom stereocenters. The van der Waals surface area contributed by atoms with Gasteiger partial charge in [0.25, 0.3) is 5.91 Å². The topological polar surface area (TPSA) is 122 Å². The predicted molar refractivity (Wildman–Crippen MR) is 120 cm³/mol. The van der Waals surface area contributed by atoms with Crippen LogP contribution in [0.2, 0.25) is 0 Å². The Kier molecular flexibility index (Phi) is 7.46. The molecule has 4 rings (SSSR count). The average Bonchev–Trinajstić information content (AvgIpc) is 3.22. The van der Waals surface area contributed by atoms with Crippen LogP contribution in [0.5, 0.6) is 0 Å². The van der Waals surface area contributed by atoms with Crippen LogP contribution in [-0.2, 0) is 17.5 Å². The minimum Gasteiger partial charge on any atom is -0.393 e. The normalized spacial score (nSPS) is 22.2. The molecular weight excluding hydrogens is 465 g/mol. The maximum atomic E-state index is 13.1. The Balaban J connectivity index is 1.59. The lowest BCUT2D eigenvalue weighted by molar-refractivity contribution is -0.137. The van der Waals surface area contributed by atoms with Gasteiger partial charge in [0.15, 0.2) is 11.5 Å². The van der Waals surface area contributed by atoms with E-state index in [0.29, 0.717) is 49.9 Å². The Morgan fingerprint density at radius 3 is 2.43 bits per heavy atom. The zero-order valence-electron chi connectivity index (χ0n) is 19.2. The van der Waals surface area contributed by atoms with Gasteiger partial charge in [-0.25, -0.2) is 0 Å². The van der Waals surface area contributed by atoms with Crippen LogP contribution in [0.25, 0.3) is 11.3 Å². The van der Waals surface area contributed by atoms with Crippen LogP contribution < -0.4 is 11.1 Å². The van der Waals surface area contributed by atoms with Crippen molar-refractivity contribution in [3.63, 3.8) is 0 Å². The molecule has 190 valence electrons. The molecule has 2 aromatic rings. The smallest absolute Gasteiger partial charge is 0.393 e. The van der Waals surface area contributed by atoms with Gasteiger partial charge in [0, 0.05) is 29.6 Å². The first-order chi connectivity index (χ1) is 16.6. The lowest BCUT2D eigenvalue weighted by Crippen LogP contribution is -2.41. The van der Waals surface area contributed by atoms with Crippen molar-refractivity contribution in [3.8, 4) is 11.3 Å². The van der Waals surface area contributed by atoms with Crippen LogP contribution in [0.1, 0.15) is 60.1 Å². The Bertz CT molecular complexity index is 1050. The highest BCUT2D eigenvalue weighted by Gasteiger charge is 2.32. The van der Waals surface area contributed by atoms with E-state index in [4.69, 9.17) is 10.3 Å². The maximum absolute atomic E-state index is 13.1. The number of benzene rings is 1. The average molecular weight is 495 g/mol. The summed E-state index contributed by atoms with van der Waals surface area (Å²) in [6.07, 6.45) is -1.10. The molecule has 2 atom stereocenters. The molecule has 0 bridgehead atoms. The second-order valence-electron chi connectivity index (χ2n) is 9.36. The highest BCUT2D eigenvalue weighted by atomic mass is 19.4. The van der Waals surface area contributed by atoms with Crippen molar-refractivity contribution >= 4 is 11.8 Å². The zero-order valence-corrected chi connectivity index (χ0v) is 19.2. The number of rotatable bonds is 6. The van der Waals surface area contributed by atoms with Crippen molar-refractivity contribution in [1.29, 1.82) is 0 Å². The van der Waals surface area contributed by atoms with Crippen LogP contribution in [0.4, 0.5) is 13.2 Å². The molecular formula is C24H29F3N4O4. The fourth-order valence-corrected chi connectivity index (χ4v) is 4.82. The van der Waals surface area contributed by atoms with Crippen molar-refractivity contribution in [2.24, 2.45) is 11.7 Å². The number of aromatic nitrogens is 1. The zero-order chi connectivity index (χ0) is 25.2. The number of hydrogen-bond donors (Lipinski definition) is 3. The Labute approximate surface area is 200 Å². The Morgan fingerprint density at radius 2 is 1.83 bits per heavy atom. The highest BCUT2D eigenvalue weighted by Crippen LogP contribution is 2.34. The number of aliphatic hydroxyl groups excluding tert-OH is 1. The van der Waals surface area contributed by atoms with E-state index in [9.17, 15) is 27.9 Å². The summed E-state index contributed by atoms with van der Waals surface area (Å²) in [6, 6.07) is 4.32. The number of piperidine rings is 1. The number of nitrogens with one attached hydrogen (secondary N) is 1. The van der Waals surface area contributed by atoms with E-state index in [0.717, 1.165) is 25.0 Å². The summed E-state index contributed by atoms with van der Waals surface area (Å²) in [5.41, 5.74) is 5.54. The fraction of sp³-hybridized carbons (Fsp3) is 0.542. The standard InChI is InChI=1S/C24H29F3N4O4/c25-24(26,27)16-6-4-14(5-7-16)21-19(13-31-10-8-15(9-11-31)22(28)33)20(30-35-21)23(34)29-17-2-1-3-18(32)12-17/h4-7,15,17-18,32H,1-3,8-13H2,(H2,28,33)(H,29,34)/t17-,18+/m1/s1. The third kappa shape index (κ3) is 6.02. The molecule has 2 fully saturated rings. The van der Waals surface area contributed by atoms with Crippen LogP contribution in [0, 0.1) is 5.92 Å². The van der Waals surface area contributed by atoms with Crippen LogP contribution in [-0.4, -0.2) is 52.2 Å². The number of hydrogen-bond acceptors (Lipinski definition) is 6. The molecule has 0 spiro atoms. The molecule has 2 aliphatic rings. The second kappa shape index (κ2) is 10.4. The number of carbonyl (C=O) groups is 2. The van der Waals surface area contributed by atoms with Gasteiger partial charge in [-0.2, -0.15) is 13.2 Å².